The molecule has 1 atom stereocenters. The van der Waals surface area contributed by atoms with E-state index in [9.17, 15) is 4.79 Å². The smallest absolute Gasteiger partial charge is 0.307 e. The van der Waals surface area contributed by atoms with E-state index in [0.29, 0.717) is 6.42 Å². The fourth-order valence-electron chi connectivity index (χ4n) is 2.65. The van der Waals surface area contributed by atoms with Crippen molar-refractivity contribution in [1.82, 2.24) is 4.90 Å². The van der Waals surface area contributed by atoms with E-state index in [4.69, 9.17) is 4.74 Å². The van der Waals surface area contributed by atoms with Gasteiger partial charge < -0.3 is 4.74 Å². The fourth-order valence-corrected chi connectivity index (χ4v) is 2.65. The highest BCUT2D eigenvalue weighted by Gasteiger charge is 2.13. The van der Waals surface area contributed by atoms with Crippen molar-refractivity contribution in [1.29, 1.82) is 0 Å². The zero-order chi connectivity index (χ0) is 19.5. The fraction of sp³-hybridized carbons (Fsp3) is 0.696. The predicted molar refractivity (Wildman–Crippen MR) is 113 cm³/mol. The summed E-state index contributed by atoms with van der Waals surface area (Å²) in [6.07, 6.45) is 24.8. The molecule has 0 radical (unpaired) electrons. The second-order valence-electron chi connectivity index (χ2n) is 6.92. The summed E-state index contributed by atoms with van der Waals surface area (Å²) in [5.41, 5.74) is 0. The average Bonchev–Trinajstić information content (AvgIpc) is 2.62. The molecule has 0 aromatic carbocycles. The van der Waals surface area contributed by atoms with Crippen molar-refractivity contribution in [3.05, 3.63) is 36.5 Å². The Morgan fingerprint density at radius 3 is 2.04 bits per heavy atom. The molecule has 1 unspecified atom stereocenters. The van der Waals surface area contributed by atoms with Gasteiger partial charge in [-0.05, 0) is 59.0 Å². The maximum atomic E-state index is 11.8. The predicted octanol–water partition coefficient (Wildman–Crippen LogP) is 6.42. The quantitative estimate of drug-likeness (QED) is 0.137. The topological polar surface area (TPSA) is 29.5 Å². The van der Waals surface area contributed by atoms with Crippen LogP contribution in [0.25, 0.3) is 0 Å². The molecule has 0 aromatic rings. The van der Waals surface area contributed by atoms with Gasteiger partial charge in [0, 0.05) is 6.42 Å². The Morgan fingerprint density at radius 1 is 0.846 bits per heavy atom. The Morgan fingerprint density at radius 2 is 1.42 bits per heavy atom. The number of carbonyl (C=O) groups excluding carboxylic acids is 1. The standard InChI is InChI=1S/C23H41NO2/c1-5-7-8-9-10-11-12-13-14-15-16-17-18-19-20-21-23(25)26-22(6-2)24(3)4/h7-8,10-11,13-14,22H,5-6,9,12,15-21H2,1-4H3/b8-7-,11-10-,14-13-. The van der Waals surface area contributed by atoms with Gasteiger partial charge >= 0.3 is 5.97 Å². The zero-order valence-corrected chi connectivity index (χ0v) is 17.6. The minimum atomic E-state index is -0.0862. The molecule has 0 spiro atoms. The summed E-state index contributed by atoms with van der Waals surface area (Å²) in [4.78, 5) is 13.7. The molecular formula is C23H41NO2. The van der Waals surface area contributed by atoms with Crippen LogP contribution in [0, 0.1) is 0 Å². The second kappa shape index (κ2) is 18.4. The summed E-state index contributed by atoms with van der Waals surface area (Å²) in [6.45, 7) is 4.19. The van der Waals surface area contributed by atoms with Crippen molar-refractivity contribution in [3.63, 3.8) is 0 Å². The lowest BCUT2D eigenvalue weighted by molar-refractivity contribution is -0.157. The van der Waals surface area contributed by atoms with Crippen LogP contribution in [-0.4, -0.2) is 31.2 Å². The van der Waals surface area contributed by atoms with Gasteiger partial charge in [0.05, 0.1) is 0 Å². The molecule has 0 aromatic heterocycles. The van der Waals surface area contributed by atoms with Gasteiger partial charge in [0.25, 0.3) is 0 Å². The summed E-state index contributed by atoms with van der Waals surface area (Å²) >= 11 is 0. The highest BCUT2D eigenvalue weighted by molar-refractivity contribution is 5.69. The molecule has 150 valence electrons. The van der Waals surface area contributed by atoms with Crippen molar-refractivity contribution in [2.24, 2.45) is 0 Å². The van der Waals surface area contributed by atoms with E-state index in [-0.39, 0.29) is 12.2 Å². The SMILES string of the molecule is CC/C=C\C/C=C\C/C=C\CCCCCCCC(=O)OC(CC)N(C)C. The summed E-state index contributed by atoms with van der Waals surface area (Å²) in [6, 6.07) is 0. The summed E-state index contributed by atoms with van der Waals surface area (Å²) in [5.74, 6) is -0.0632. The Labute approximate surface area is 162 Å². The molecule has 0 aliphatic heterocycles. The van der Waals surface area contributed by atoms with Gasteiger partial charge in [0.15, 0.2) is 6.23 Å². The number of carbonyl (C=O) groups is 1. The van der Waals surface area contributed by atoms with Crippen LogP contribution in [0.2, 0.25) is 0 Å². The molecule has 0 N–H and O–H groups in total. The average molecular weight is 364 g/mol. The van der Waals surface area contributed by atoms with Crippen molar-refractivity contribution >= 4 is 5.97 Å². The van der Waals surface area contributed by atoms with Gasteiger partial charge in [-0.2, -0.15) is 0 Å². The molecule has 0 saturated carbocycles. The Kier molecular flexibility index (Phi) is 17.5. The second-order valence-corrected chi connectivity index (χ2v) is 6.92. The van der Waals surface area contributed by atoms with Crippen molar-refractivity contribution in [2.75, 3.05) is 14.1 Å². The molecule has 3 heteroatoms. The Bertz CT molecular complexity index is 410. The number of ether oxygens (including phenoxy) is 1. The van der Waals surface area contributed by atoms with Crippen LogP contribution in [0.3, 0.4) is 0 Å². The van der Waals surface area contributed by atoms with Crippen LogP contribution in [0.15, 0.2) is 36.5 Å². The lowest BCUT2D eigenvalue weighted by atomic mass is 10.1. The molecule has 0 bridgehead atoms. The third-order valence-corrected chi connectivity index (χ3v) is 4.22. The maximum Gasteiger partial charge on any atom is 0.307 e. The van der Waals surface area contributed by atoms with Crippen LogP contribution in [0.5, 0.6) is 0 Å². The van der Waals surface area contributed by atoms with E-state index >= 15 is 0 Å². The van der Waals surface area contributed by atoms with Crippen LogP contribution < -0.4 is 0 Å². The lowest BCUT2D eigenvalue weighted by Crippen LogP contribution is -2.32. The minimum absolute atomic E-state index is 0.0632. The minimum Gasteiger partial charge on any atom is -0.446 e. The van der Waals surface area contributed by atoms with Crippen molar-refractivity contribution < 1.29 is 9.53 Å². The van der Waals surface area contributed by atoms with E-state index in [1.165, 1.54) is 19.3 Å². The normalized spacial score (nSPS) is 13.4. The van der Waals surface area contributed by atoms with Gasteiger partial charge in [-0.3, -0.25) is 9.69 Å². The van der Waals surface area contributed by atoms with Gasteiger partial charge in [-0.1, -0.05) is 69.6 Å². The van der Waals surface area contributed by atoms with Crippen LogP contribution in [0.4, 0.5) is 0 Å². The molecule has 0 fully saturated rings. The summed E-state index contributed by atoms with van der Waals surface area (Å²) in [5, 5.41) is 0. The first-order valence-electron chi connectivity index (χ1n) is 10.4. The Balaban J connectivity index is 3.46. The Hall–Kier alpha value is -1.35. The molecule has 0 rings (SSSR count). The van der Waals surface area contributed by atoms with Crippen LogP contribution >= 0.6 is 0 Å². The van der Waals surface area contributed by atoms with Gasteiger partial charge in [-0.25, -0.2) is 0 Å². The van der Waals surface area contributed by atoms with Gasteiger partial charge in [0.2, 0.25) is 0 Å². The maximum absolute atomic E-state index is 11.8. The van der Waals surface area contributed by atoms with Crippen LogP contribution in [-0.2, 0) is 9.53 Å². The number of hydrogen-bond acceptors (Lipinski definition) is 3. The number of hydrogen-bond donors (Lipinski definition) is 0. The van der Waals surface area contributed by atoms with Crippen LogP contribution in [0.1, 0.15) is 84.5 Å². The highest BCUT2D eigenvalue weighted by atomic mass is 16.6. The number of allylic oxidation sites excluding steroid dienone is 6. The largest absolute Gasteiger partial charge is 0.446 e. The molecular weight excluding hydrogens is 322 g/mol. The third-order valence-electron chi connectivity index (χ3n) is 4.22. The van der Waals surface area contributed by atoms with E-state index in [1.807, 2.05) is 25.9 Å². The monoisotopic (exact) mass is 363 g/mol. The first-order valence-corrected chi connectivity index (χ1v) is 10.4. The molecule has 3 nitrogen and oxygen atoms in total. The lowest BCUT2D eigenvalue weighted by Gasteiger charge is -2.22. The number of rotatable bonds is 16. The van der Waals surface area contributed by atoms with E-state index in [0.717, 1.165) is 44.9 Å². The molecule has 26 heavy (non-hydrogen) atoms. The highest BCUT2D eigenvalue weighted by Crippen LogP contribution is 2.10. The summed E-state index contributed by atoms with van der Waals surface area (Å²) in [7, 11) is 3.88. The molecule has 0 heterocycles. The van der Waals surface area contributed by atoms with Crippen molar-refractivity contribution in [3.8, 4) is 0 Å². The zero-order valence-electron chi connectivity index (χ0n) is 17.6. The van der Waals surface area contributed by atoms with Gasteiger partial charge in [-0.15, -0.1) is 0 Å². The third kappa shape index (κ3) is 16.1. The molecule has 0 amide bonds. The molecule has 0 saturated heterocycles. The molecule has 0 aliphatic rings. The number of unbranched alkanes of at least 4 members (excludes halogenated alkanes) is 5. The van der Waals surface area contributed by atoms with E-state index in [2.05, 4.69) is 43.4 Å². The van der Waals surface area contributed by atoms with Gasteiger partial charge in [0.1, 0.15) is 0 Å². The summed E-state index contributed by atoms with van der Waals surface area (Å²) < 4.78 is 5.45. The first kappa shape index (κ1) is 24.7. The van der Waals surface area contributed by atoms with Crippen molar-refractivity contribution in [2.45, 2.75) is 90.7 Å². The van der Waals surface area contributed by atoms with E-state index < -0.39 is 0 Å². The first-order chi connectivity index (χ1) is 12.6. The number of esters is 1. The van der Waals surface area contributed by atoms with E-state index in [1.54, 1.807) is 0 Å². The number of nitrogens with zero attached hydrogens (tertiary/aromatic N) is 1. The molecule has 0 aliphatic carbocycles.